The summed E-state index contributed by atoms with van der Waals surface area (Å²) < 4.78 is 44.1. The number of alkyl halides is 3. The molecule has 0 radical (unpaired) electrons. The number of carbonyl (C=O) groups is 1. The predicted molar refractivity (Wildman–Crippen MR) is 62.3 cm³/mol. The van der Waals surface area contributed by atoms with Gasteiger partial charge in [-0.05, 0) is 12.8 Å². The van der Waals surface area contributed by atoms with Crippen molar-refractivity contribution in [3.05, 3.63) is 11.8 Å². The van der Waals surface area contributed by atoms with Gasteiger partial charge in [0.25, 0.3) is 0 Å². The molecule has 0 aromatic rings. The molecule has 7 heteroatoms. The molecule has 108 valence electrons. The third-order valence-corrected chi connectivity index (χ3v) is 3.32. The Morgan fingerprint density at radius 1 is 1.00 bits per heavy atom. The van der Waals surface area contributed by atoms with E-state index in [0.29, 0.717) is 39.4 Å². The Morgan fingerprint density at radius 2 is 1.58 bits per heavy atom. The van der Waals surface area contributed by atoms with Crippen molar-refractivity contribution in [2.75, 3.05) is 39.4 Å². The molecule has 2 rings (SSSR count). The van der Waals surface area contributed by atoms with E-state index in [0.717, 1.165) is 18.9 Å². The van der Waals surface area contributed by atoms with E-state index < -0.39 is 17.8 Å². The van der Waals surface area contributed by atoms with E-state index in [9.17, 15) is 18.0 Å². The van der Waals surface area contributed by atoms with E-state index in [1.807, 2.05) is 0 Å². The van der Waals surface area contributed by atoms with E-state index in [2.05, 4.69) is 0 Å². The maximum Gasteiger partial charge on any atom is 0.431 e. The van der Waals surface area contributed by atoms with Crippen LogP contribution in [0.4, 0.5) is 13.2 Å². The van der Waals surface area contributed by atoms with Gasteiger partial charge < -0.3 is 14.5 Å². The van der Waals surface area contributed by atoms with Gasteiger partial charge in [-0.3, -0.25) is 4.79 Å². The molecule has 2 saturated heterocycles. The Balaban J connectivity index is 2.12. The minimum Gasteiger partial charge on any atom is -0.378 e. The molecular weight excluding hydrogens is 261 g/mol. The fraction of sp³-hybridized carbons (Fsp3) is 0.750. The van der Waals surface area contributed by atoms with Crippen molar-refractivity contribution in [1.29, 1.82) is 0 Å². The molecule has 0 aliphatic carbocycles. The summed E-state index contributed by atoms with van der Waals surface area (Å²) in [4.78, 5) is 14.5. The van der Waals surface area contributed by atoms with E-state index >= 15 is 0 Å². The number of hydrogen-bond acceptors (Lipinski definition) is 3. The highest BCUT2D eigenvalue weighted by atomic mass is 19.4. The zero-order valence-electron chi connectivity index (χ0n) is 10.6. The molecule has 0 bridgehead atoms. The average Bonchev–Trinajstić information content (AvgIpc) is 2.88. The lowest BCUT2D eigenvalue weighted by Gasteiger charge is -2.28. The molecule has 0 aromatic carbocycles. The second kappa shape index (κ2) is 5.81. The number of likely N-dealkylation sites (tertiary alicyclic amines) is 1. The molecule has 0 unspecified atom stereocenters. The summed E-state index contributed by atoms with van der Waals surface area (Å²) in [5, 5.41) is 0. The SMILES string of the molecule is O=C(/C=C(\N1CCCC1)C(F)(F)F)N1CCOCC1. The summed E-state index contributed by atoms with van der Waals surface area (Å²) in [6, 6.07) is 0. The van der Waals surface area contributed by atoms with Crippen LogP contribution >= 0.6 is 0 Å². The van der Waals surface area contributed by atoms with Crippen LogP contribution in [-0.2, 0) is 9.53 Å². The van der Waals surface area contributed by atoms with Gasteiger partial charge in [-0.2, -0.15) is 13.2 Å². The first-order valence-corrected chi connectivity index (χ1v) is 6.39. The number of morpholine rings is 1. The molecule has 0 atom stereocenters. The monoisotopic (exact) mass is 278 g/mol. The molecule has 0 N–H and O–H groups in total. The highest BCUT2D eigenvalue weighted by Crippen LogP contribution is 2.31. The summed E-state index contributed by atoms with van der Waals surface area (Å²) in [5.41, 5.74) is -0.818. The van der Waals surface area contributed by atoms with Gasteiger partial charge in [0.1, 0.15) is 5.70 Å². The molecular formula is C12H17F3N2O2. The van der Waals surface area contributed by atoms with Gasteiger partial charge in [0, 0.05) is 32.3 Å². The van der Waals surface area contributed by atoms with E-state index in [1.54, 1.807) is 0 Å². The number of amides is 1. The Labute approximate surface area is 109 Å². The quantitative estimate of drug-likeness (QED) is 0.716. The van der Waals surface area contributed by atoms with Crippen LogP contribution in [0.15, 0.2) is 11.8 Å². The molecule has 2 heterocycles. The summed E-state index contributed by atoms with van der Waals surface area (Å²) in [6.45, 7) is 2.18. The largest absolute Gasteiger partial charge is 0.431 e. The highest BCUT2D eigenvalue weighted by Gasteiger charge is 2.39. The van der Waals surface area contributed by atoms with Crippen LogP contribution in [0.25, 0.3) is 0 Å². The van der Waals surface area contributed by atoms with Crippen LogP contribution in [0.1, 0.15) is 12.8 Å². The lowest BCUT2D eigenvalue weighted by Crippen LogP contribution is -2.41. The molecule has 4 nitrogen and oxygen atoms in total. The number of halogens is 3. The zero-order chi connectivity index (χ0) is 13.9. The predicted octanol–water partition coefficient (Wildman–Crippen LogP) is 1.39. The van der Waals surface area contributed by atoms with Crippen molar-refractivity contribution in [3.63, 3.8) is 0 Å². The molecule has 0 spiro atoms. The number of nitrogens with zero attached hydrogens (tertiary/aromatic N) is 2. The maximum atomic E-state index is 13.0. The van der Waals surface area contributed by atoms with E-state index in [-0.39, 0.29) is 0 Å². The second-order valence-corrected chi connectivity index (χ2v) is 4.66. The summed E-state index contributed by atoms with van der Waals surface area (Å²) in [6.07, 6.45) is -2.28. The second-order valence-electron chi connectivity index (χ2n) is 4.66. The van der Waals surface area contributed by atoms with Crippen molar-refractivity contribution in [3.8, 4) is 0 Å². The number of carbonyl (C=O) groups excluding carboxylic acids is 1. The Kier molecular flexibility index (Phi) is 4.34. The molecule has 0 saturated carbocycles. The maximum absolute atomic E-state index is 13.0. The van der Waals surface area contributed by atoms with Crippen molar-refractivity contribution in [2.45, 2.75) is 19.0 Å². The average molecular weight is 278 g/mol. The van der Waals surface area contributed by atoms with Crippen LogP contribution in [0.3, 0.4) is 0 Å². The van der Waals surface area contributed by atoms with Crippen molar-refractivity contribution < 1.29 is 22.7 Å². The molecule has 1 amide bonds. The van der Waals surface area contributed by atoms with Gasteiger partial charge in [-0.15, -0.1) is 0 Å². The lowest BCUT2D eigenvalue weighted by atomic mass is 10.3. The fourth-order valence-corrected chi connectivity index (χ4v) is 2.30. The standard InChI is InChI=1S/C12H17F3N2O2/c13-12(14,15)10(16-3-1-2-4-16)9-11(18)17-5-7-19-8-6-17/h9H,1-8H2/b10-9-. The fourth-order valence-electron chi connectivity index (χ4n) is 2.30. The Hall–Kier alpha value is -1.24. The smallest absolute Gasteiger partial charge is 0.378 e. The number of ether oxygens (including phenoxy) is 1. The minimum atomic E-state index is -4.48. The van der Waals surface area contributed by atoms with E-state index in [1.165, 1.54) is 9.80 Å². The van der Waals surface area contributed by atoms with Crippen LogP contribution < -0.4 is 0 Å². The molecule has 2 aliphatic heterocycles. The lowest BCUT2D eigenvalue weighted by molar-refractivity contribution is -0.132. The molecule has 0 aromatic heterocycles. The Bertz CT molecular complexity index is 356. The van der Waals surface area contributed by atoms with Crippen LogP contribution in [0, 0.1) is 0 Å². The highest BCUT2D eigenvalue weighted by molar-refractivity contribution is 5.88. The molecule has 2 aliphatic rings. The number of allylic oxidation sites excluding steroid dienone is 1. The summed E-state index contributed by atoms with van der Waals surface area (Å²) in [7, 11) is 0. The van der Waals surface area contributed by atoms with Gasteiger partial charge in [0.15, 0.2) is 0 Å². The Morgan fingerprint density at radius 3 is 2.11 bits per heavy atom. The first kappa shape index (κ1) is 14.2. The minimum absolute atomic E-state index is 0.348. The van der Waals surface area contributed by atoms with Crippen molar-refractivity contribution >= 4 is 5.91 Å². The third-order valence-electron chi connectivity index (χ3n) is 3.32. The number of rotatable bonds is 2. The summed E-state index contributed by atoms with van der Waals surface area (Å²) >= 11 is 0. The summed E-state index contributed by atoms with van der Waals surface area (Å²) in [5.74, 6) is -0.581. The van der Waals surface area contributed by atoms with Gasteiger partial charge in [-0.25, -0.2) is 0 Å². The molecule has 19 heavy (non-hydrogen) atoms. The van der Waals surface area contributed by atoms with Crippen LogP contribution in [0.2, 0.25) is 0 Å². The normalized spacial score (nSPS) is 21.9. The van der Waals surface area contributed by atoms with Gasteiger partial charge >= 0.3 is 6.18 Å². The van der Waals surface area contributed by atoms with Gasteiger partial charge in [0.05, 0.1) is 13.2 Å². The molecule has 2 fully saturated rings. The van der Waals surface area contributed by atoms with Crippen molar-refractivity contribution in [1.82, 2.24) is 9.80 Å². The topological polar surface area (TPSA) is 32.8 Å². The van der Waals surface area contributed by atoms with Gasteiger partial charge in [0.2, 0.25) is 5.91 Å². The third kappa shape index (κ3) is 3.62. The van der Waals surface area contributed by atoms with Gasteiger partial charge in [-0.1, -0.05) is 0 Å². The van der Waals surface area contributed by atoms with Crippen LogP contribution in [0.5, 0.6) is 0 Å². The first-order valence-electron chi connectivity index (χ1n) is 6.39. The van der Waals surface area contributed by atoms with Crippen molar-refractivity contribution in [2.24, 2.45) is 0 Å². The first-order chi connectivity index (χ1) is 8.98. The number of hydrogen-bond donors (Lipinski definition) is 0. The zero-order valence-corrected chi connectivity index (χ0v) is 10.6. The van der Waals surface area contributed by atoms with E-state index in [4.69, 9.17) is 4.74 Å². The van der Waals surface area contributed by atoms with Crippen LogP contribution in [-0.4, -0.2) is 61.3 Å².